The monoisotopic (exact) mass is 438 g/mol. The van der Waals surface area contributed by atoms with E-state index in [4.69, 9.17) is 9.47 Å². The number of nitrogens with one attached hydrogen (secondary N) is 2. The molecule has 0 aromatic heterocycles. The second kappa shape index (κ2) is 12.5. The lowest BCUT2D eigenvalue weighted by Gasteiger charge is -2.26. The minimum Gasteiger partial charge on any atom is -0.493 e. The summed E-state index contributed by atoms with van der Waals surface area (Å²) in [6.07, 6.45) is 2.06. The van der Waals surface area contributed by atoms with Crippen LogP contribution in [0.1, 0.15) is 23.1 Å². The molecule has 2 atom stereocenters. The minimum absolute atomic E-state index is 0.364. The summed E-state index contributed by atoms with van der Waals surface area (Å²) in [4.78, 5) is 6.67. The number of benzene rings is 2. The van der Waals surface area contributed by atoms with Crippen molar-refractivity contribution in [3.8, 4) is 5.75 Å². The number of rotatable bonds is 10. The molecule has 0 amide bonds. The number of ether oxygens (including phenoxy) is 2. The van der Waals surface area contributed by atoms with Gasteiger partial charge in [-0.1, -0.05) is 42.5 Å². The van der Waals surface area contributed by atoms with Crippen molar-refractivity contribution in [1.29, 1.82) is 0 Å². The predicted octanol–water partition coefficient (Wildman–Crippen LogP) is 3.25. The molecule has 6 nitrogen and oxygen atoms in total. The largest absolute Gasteiger partial charge is 0.493 e. The Hall–Kier alpha value is -2.57. The number of nitrogens with zero attached hydrogens (tertiary/aromatic N) is 2. The Morgan fingerprint density at radius 3 is 2.69 bits per heavy atom. The molecule has 0 spiro atoms. The molecule has 174 valence electrons. The van der Waals surface area contributed by atoms with Gasteiger partial charge in [-0.3, -0.25) is 4.99 Å². The van der Waals surface area contributed by atoms with E-state index in [0.717, 1.165) is 49.9 Å². The van der Waals surface area contributed by atoms with Crippen molar-refractivity contribution in [1.82, 2.24) is 15.5 Å². The first kappa shape index (κ1) is 24.1. The van der Waals surface area contributed by atoms with Crippen molar-refractivity contribution in [3.05, 3.63) is 65.2 Å². The Morgan fingerprint density at radius 2 is 2.00 bits per heavy atom. The smallest absolute Gasteiger partial charge is 0.191 e. The quantitative estimate of drug-likeness (QED) is 0.441. The maximum absolute atomic E-state index is 6.18. The lowest BCUT2D eigenvalue weighted by atomic mass is 10.1. The molecule has 0 radical (unpaired) electrons. The molecule has 1 heterocycles. The number of guanidine groups is 1. The molecular formula is C26H38N4O2. The Labute approximate surface area is 193 Å². The van der Waals surface area contributed by atoms with Crippen molar-refractivity contribution in [2.45, 2.75) is 32.4 Å². The molecule has 2 aromatic rings. The molecule has 0 aliphatic carbocycles. The van der Waals surface area contributed by atoms with Crippen LogP contribution in [0.25, 0.3) is 0 Å². The Kier molecular flexibility index (Phi) is 9.38. The first-order valence-electron chi connectivity index (χ1n) is 11.5. The van der Waals surface area contributed by atoms with Gasteiger partial charge in [0, 0.05) is 44.3 Å². The SMILES string of the molecule is CN=C(NCc1ccc(C)cc1OCC1CCOC1)NCC(Cc1ccccc1)N(C)C. The minimum atomic E-state index is 0.364. The Bertz CT molecular complexity index is 848. The van der Waals surface area contributed by atoms with Gasteiger partial charge >= 0.3 is 0 Å². The third-order valence-electron chi connectivity index (χ3n) is 5.94. The molecule has 1 aliphatic heterocycles. The highest BCUT2D eigenvalue weighted by Crippen LogP contribution is 2.22. The fourth-order valence-electron chi connectivity index (χ4n) is 3.80. The number of aliphatic imine (C=N–C) groups is 1. The topological polar surface area (TPSA) is 58.1 Å². The molecular weight excluding hydrogens is 400 g/mol. The van der Waals surface area contributed by atoms with E-state index < -0.39 is 0 Å². The maximum atomic E-state index is 6.18. The summed E-state index contributed by atoms with van der Waals surface area (Å²) >= 11 is 0. The van der Waals surface area contributed by atoms with Gasteiger partial charge in [0.25, 0.3) is 0 Å². The molecule has 2 unspecified atom stereocenters. The van der Waals surface area contributed by atoms with Gasteiger partial charge in [-0.25, -0.2) is 0 Å². The van der Waals surface area contributed by atoms with E-state index in [1.165, 1.54) is 11.1 Å². The Balaban J connectivity index is 1.54. The van der Waals surface area contributed by atoms with Crippen molar-refractivity contribution in [3.63, 3.8) is 0 Å². The van der Waals surface area contributed by atoms with Crippen LogP contribution in [-0.2, 0) is 17.7 Å². The summed E-state index contributed by atoms with van der Waals surface area (Å²) in [5.41, 5.74) is 3.67. The van der Waals surface area contributed by atoms with Crippen molar-refractivity contribution < 1.29 is 9.47 Å². The van der Waals surface area contributed by atoms with Crippen LogP contribution in [0.4, 0.5) is 0 Å². The van der Waals surface area contributed by atoms with Gasteiger partial charge in [-0.05, 0) is 51.1 Å². The average Bonchev–Trinajstić information content (AvgIpc) is 3.32. The molecule has 0 saturated carbocycles. The first-order valence-corrected chi connectivity index (χ1v) is 11.5. The van der Waals surface area contributed by atoms with Crippen LogP contribution in [0.3, 0.4) is 0 Å². The van der Waals surface area contributed by atoms with Crippen LogP contribution in [-0.4, -0.2) is 64.4 Å². The average molecular weight is 439 g/mol. The zero-order chi connectivity index (χ0) is 22.8. The van der Waals surface area contributed by atoms with Crippen LogP contribution < -0.4 is 15.4 Å². The zero-order valence-electron chi connectivity index (χ0n) is 19.9. The summed E-state index contributed by atoms with van der Waals surface area (Å²) < 4.78 is 11.7. The standard InChI is InChI=1S/C26H38N4O2/c1-20-10-11-23(25(14-20)32-19-22-12-13-31-18-22)16-28-26(27-2)29-17-24(30(3)4)15-21-8-6-5-7-9-21/h5-11,14,22,24H,12-13,15-19H2,1-4H3,(H2,27,28,29). The van der Waals surface area contributed by atoms with Gasteiger partial charge < -0.3 is 25.0 Å². The van der Waals surface area contributed by atoms with Gasteiger partial charge in [0.2, 0.25) is 0 Å². The molecule has 6 heteroatoms. The molecule has 0 bridgehead atoms. The molecule has 32 heavy (non-hydrogen) atoms. The highest BCUT2D eigenvalue weighted by Gasteiger charge is 2.17. The molecule has 1 aliphatic rings. The summed E-state index contributed by atoms with van der Waals surface area (Å²) in [6, 6.07) is 17.3. The molecule has 1 saturated heterocycles. The summed E-state index contributed by atoms with van der Waals surface area (Å²) in [5.74, 6) is 2.22. The van der Waals surface area contributed by atoms with Gasteiger partial charge in [0.05, 0.1) is 13.2 Å². The predicted molar refractivity (Wildman–Crippen MR) is 131 cm³/mol. The molecule has 3 rings (SSSR count). The number of hydrogen-bond acceptors (Lipinski definition) is 4. The normalized spacial score (nSPS) is 17.4. The number of hydrogen-bond donors (Lipinski definition) is 2. The summed E-state index contributed by atoms with van der Waals surface area (Å²) in [5, 5.41) is 6.94. The number of aryl methyl sites for hydroxylation is 1. The fraction of sp³-hybridized carbons (Fsp3) is 0.500. The van der Waals surface area contributed by atoms with E-state index in [0.29, 0.717) is 25.1 Å². The zero-order valence-corrected chi connectivity index (χ0v) is 19.9. The van der Waals surface area contributed by atoms with E-state index in [2.05, 4.69) is 90.1 Å². The van der Waals surface area contributed by atoms with Crippen LogP contribution in [0.15, 0.2) is 53.5 Å². The fourth-order valence-corrected chi connectivity index (χ4v) is 3.80. The summed E-state index contributed by atoms with van der Waals surface area (Å²) in [6.45, 7) is 5.90. The second-order valence-electron chi connectivity index (χ2n) is 8.77. The summed E-state index contributed by atoms with van der Waals surface area (Å²) in [7, 11) is 6.05. The molecule has 1 fully saturated rings. The van der Waals surface area contributed by atoms with Crippen molar-refractivity contribution in [2.75, 3.05) is 47.5 Å². The molecule has 2 N–H and O–H groups in total. The third kappa shape index (κ3) is 7.53. The van der Waals surface area contributed by atoms with E-state index in [9.17, 15) is 0 Å². The van der Waals surface area contributed by atoms with Crippen LogP contribution in [0.2, 0.25) is 0 Å². The lowest BCUT2D eigenvalue weighted by molar-refractivity contribution is 0.166. The van der Waals surface area contributed by atoms with Gasteiger partial charge in [0.1, 0.15) is 5.75 Å². The highest BCUT2D eigenvalue weighted by atomic mass is 16.5. The first-order chi connectivity index (χ1) is 15.5. The molecule has 2 aromatic carbocycles. The highest BCUT2D eigenvalue weighted by molar-refractivity contribution is 5.79. The van der Waals surface area contributed by atoms with E-state index in [1.807, 2.05) is 7.05 Å². The Morgan fingerprint density at radius 1 is 1.19 bits per heavy atom. The number of likely N-dealkylation sites (N-methyl/N-ethyl adjacent to an activating group) is 1. The van der Waals surface area contributed by atoms with Gasteiger partial charge in [0.15, 0.2) is 5.96 Å². The maximum Gasteiger partial charge on any atom is 0.191 e. The van der Waals surface area contributed by atoms with Gasteiger partial charge in [-0.2, -0.15) is 0 Å². The van der Waals surface area contributed by atoms with Crippen LogP contribution in [0, 0.1) is 12.8 Å². The van der Waals surface area contributed by atoms with Crippen LogP contribution in [0.5, 0.6) is 5.75 Å². The van der Waals surface area contributed by atoms with Crippen molar-refractivity contribution >= 4 is 5.96 Å². The van der Waals surface area contributed by atoms with Crippen molar-refractivity contribution in [2.24, 2.45) is 10.9 Å². The van der Waals surface area contributed by atoms with Crippen LogP contribution >= 0.6 is 0 Å². The van der Waals surface area contributed by atoms with E-state index in [-0.39, 0.29) is 0 Å². The van der Waals surface area contributed by atoms with E-state index >= 15 is 0 Å². The van der Waals surface area contributed by atoms with Gasteiger partial charge in [-0.15, -0.1) is 0 Å². The second-order valence-corrected chi connectivity index (χ2v) is 8.77. The third-order valence-corrected chi connectivity index (χ3v) is 5.94. The lowest BCUT2D eigenvalue weighted by Crippen LogP contribution is -2.45. The van der Waals surface area contributed by atoms with E-state index in [1.54, 1.807) is 0 Å².